The molecule has 0 unspecified atom stereocenters. The average Bonchev–Trinajstić information content (AvgIpc) is 2.66. The molecule has 3 N–H and O–H groups in total. The molecule has 2 rings (SSSR count). The van der Waals surface area contributed by atoms with Crippen LogP contribution in [0.5, 0.6) is 5.75 Å². The number of amides is 1. The standard InChI is InChI=1S/C13H12FNO4S/c1-13(2,12(18)19)15-11(17)10-9(16)7-5-6(14)3-4-8(7)20-10/h3-5,16H,1-2H3,(H,15,17)(H,18,19). The Morgan fingerprint density at radius 1 is 1.35 bits per heavy atom. The third-order valence-electron chi connectivity index (χ3n) is 2.79. The number of carboxylic acids is 1. The predicted molar refractivity (Wildman–Crippen MR) is 72.6 cm³/mol. The summed E-state index contributed by atoms with van der Waals surface area (Å²) in [6.45, 7) is 2.66. The second-order valence-electron chi connectivity index (χ2n) is 4.80. The summed E-state index contributed by atoms with van der Waals surface area (Å²) in [6, 6.07) is 3.80. The Labute approximate surface area is 117 Å². The van der Waals surface area contributed by atoms with E-state index in [0.29, 0.717) is 4.70 Å². The molecule has 0 bridgehead atoms. The molecule has 1 heterocycles. The van der Waals surface area contributed by atoms with Gasteiger partial charge in [-0.15, -0.1) is 11.3 Å². The average molecular weight is 297 g/mol. The highest BCUT2D eigenvalue weighted by Crippen LogP contribution is 2.37. The molecule has 7 heteroatoms. The number of hydrogen-bond donors (Lipinski definition) is 3. The molecule has 0 aliphatic heterocycles. The van der Waals surface area contributed by atoms with Crippen molar-refractivity contribution < 1.29 is 24.2 Å². The predicted octanol–water partition coefficient (Wildman–Crippen LogP) is 2.34. The van der Waals surface area contributed by atoms with Gasteiger partial charge in [0.2, 0.25) is 0 Å². The number of carbonyl (C=O) groups is 2. The summed E-state index contributed by atoms with van der Waals surface area (Å²) in [5.74, 6) is -2.78. The molecule has 1 amide bonds. The van der Waals surface area contributed by atoms with Gasteiger partial charge in [0.1, 0.15) is 22.0 Å². The zero-order valence-corrected chi connectivity index (χ0v) is 11.5. The molecule has 2 aromatic rings. The van der Waals surface area contributed by atoms with Crippen LogP contribution in [-0.4, -0.2) is 27.6 Å². The zero-order chi connectivity index (χ0) is 15.1. The summed E-state index contributed by atoms with van der Waals surface area (Å²) >= 11 is 0.971. The Hall–Kier alpha value is -2.15. The monoisotopic (exact) mass is 297 g/mol. The zero-order valence-electron chi connectivity index (χ0n) is 10.7. The van der Waals surface area contributed by atoms with Crippen LogP contribution in [0.4, 0.5) is 4.39 Å². The van der Waals surface area contributed by atoms with Gasteiger partial charge in [-0.3, -0.25) is 4.79 Å². The summed E-state index contributed by atoms with van der Waals surface area (Å²) in [5.41, 5.74) is -1.47. The van der Waals surface area contributed by atoms with E-state index in [2.05, 4.69) is 5.32 Å². The highest BCUT2D eigenvalue weighted by Gasteiger charge is 2.31. The largest absolute Gasteiger partial charge is 0.506 e. The van der Waals surface area contributed by atoms with Gasteiger partial charge in [0.15, 0.2) is 0 Å². The van der Waals surface area contributed by atoms with Gasteiger partial charge < -0.3 is 15.5 Å². The lowest BCUT2D eigenvalue weighted by atomic mass is 10.1. The van der Waals surface area contributed by atoms with Gasteiger partial charge in [-0.25, -0.2) is 9.18 Å². The Bertz CT molecular complexity index is 708. The van der Waals surface area contributed by atoms with Crippen LogP contribution in [-0.2, 0) is 4.79 Å². The molecular weight excluding hydrogens is 285 g/mol. The number of carbonyl (C=O) groups excluding carboxylic acids is 1. The number of halogens is 1. The summed E-state index contributed by atoms with van der Waals surface area (Å²) in [6.07, 6.45) is 0. The van der Waals surface area contributed by atoms with Crippen molar-refractivity contribution in [2.24, 2.45) is 0 Å². The first kappa shape index (κ1) is 14.3. The van der Waals surface area contributed by atoms with Crippen molar-refractivity contribution in [3.05, 3.63) is 28.9 Å². The third kappa shape index (κ3) is 2.44. The normalized spacial score (nSPS) is 11.6. The number of aromatic hydroxyl groups is 1. The molecule has 0 atom stereocenters. The Balaban J connectivity index is 2.41. The number of aliphatic carboxylic acids is 1. The SMILES string of the molecule is CC(C)(NC(=O)c1sc2ccc(F)cc2c1O)C(=O)O. The van der Waals surface area contributed by atoms with Crippen LogP contribution in [0.25, 0.3) is 10.1 Å². The molecular formula is C13H12FNO4S. The lowest BCUT2D eigenvalue weighted by Crippen LogP contribution is -2.49. The van der Waals surface area contributed by atoms with E-state index in [9.17, 15) is 19.1 Å². The van der Waals surface area contributed by atoms with Crippen LogP contribution in [0.3, 0.4) is 0 Å². The number of thiophene rings is 1. The lowest BCUT2D eigenvalue weighted by molar-refractivity contribution is -0.143. The smallest absolute Gasteiger partial charge is 0.328 e. The molecule has 0 spiro atoms. The van der Waals surface area contributed by atoms with Crippen molar-refractivity contribution in [2.75, 3.05) is 0 Å². The van der Waals surface area contributed by atoms with E-state index in [0.717, 1.165) is 17.4 Å². The van der Waals surface area contributed by atoms with Crippen molar-refractivity contribution in [3.8, 4) is 5.75 Å². The maximum atomic E-state index is 13.1. The van der Waals surface area contributed by atoms with Crippen molar-refractivity contribution in [1.82, 2.24) is 5.32 Å². The molecule has 1 aromatic heterocycles. The first-order valence-electron chi connectivity index (χ1n) is 5.69. The number of fused-ring (bicyclic) bond motifs is 1. The minimum atomic E-state index is -1.47. The minimum Gasteiger partial charge on any atom is -0.506 e. The molecule has 1 aromatic carbocycles. The summed E-state index contributed by atoms with van der Waals surface area (Å²) < 4.78 is 13.7. The Morgan fingerprint density at radius 3 is 2.60 bits per heavy atom. The van der Waals surface area contributed by atoms with Gasteiger partial charge in [0.25, 0.3) is 5.91 Å². The lowest BCUT2D eigenvalue weighted by Gasteiger charge is -2.20. The maximum absolute atomic E-state index is 13.1. The molecule has 106 valence electrons. The highest BCUT2D eigenvalue weighted by atomic mass is 32.1. The van der Waals surface area contributed by atoms with Gasteiger partial charge in [-0.05, 0) is 32.0 Å². The van der Waals surface area contributed by atoms with E-state index in [-0.39, 0.29) is 16.0 Å². The summed E-state index contributed by atoms with van der Waals surface area (Å²) in [7, 11) is 0. The fourth-order valence-electron chi connectivity index (χ4n) is 1.60. The fourth-order valence-corrected chi connectivity index (χ4v) is 2.58. The number of carboxylic acid groups (broad SMARTS) is 1. The topological polar surface area (TPSA) is 86.6 Å². The first-order valence-corrected chi connectivity index (χ1v) is 6.51. The van der Waals surface area contributed by atoms with Crippen molar-refractivity contribution in [3.63, 3.8) is 0 Å². The number of benzene rings is 1. The molecule has 0 fully saturated rings. The van der Waals surface area contributed by atoms with Gasteiger partial charge in [0.05, 0.1) is 0 Å². The summed E-state index contributed by atoms with van der Waals surface area (Å²) in [5, 5.41) is 21.5. The van der Waals surface area contributed by atoms with E-state index in [4.69, 9.17) is 5.11 Å². The molecule has 5 nitrogen and oxygen atoms in total. The number of hydrogen-bond acceptors (Lipinski definition) is 4. The van der Waals surface area contributed by atoms with Crippen LogP contribution in [0.1, 0.15) is 23.5 Å². The highest BCUT2D eigenvalue weighted by molar-refractivity contribution is 7.21. The Morgan fingerprint density at radius 2 is 2.00 bits per heavy atom. The van der Waals surface area contributed by atoms with Crippen molar-refractivity contribution >= 4 is 33.3 Å². The molecule has 0 saturated heterocycles. The van der Waals surface area contributed by atoms with Crippen LogP contribution in [0, 0.1) is 5.82 Å². The second kappa shape index (κ2) is 4.75. The van der Waals surface area contributed by atoms with Gasteiger partial charge >= 0.3 is 5.97 Å². The van der Waals surface area contributed by atoms with E-state index >= 15 is 0 Å². The van der Waals surface area contributed by atoms with Gasteiger partial charge in [-0.2, -0.15) is 0 Å². The maximum Gasteiger partial charge on any atom is 0.328 e. The molecule has 0 radical (unpaired) electrons. The minimum absolute atomic E-state index is 0.0417. The number of nitrogens with one attached hydrogen (secondary N) is 1. The number of rotatable bonds is 3. The van der Waals surface area contributed by atoms with Gasteiger partial charge in [-0.1, -0.05) is 0 Å². The van der Waals surface area contributed by atoms with Crippen LogP contribution in [0.15, 0.2) is 18.2 Å². The Kier molecular flexibility index (Phi) is 3.39. The summed E-state index contributed by atoms with van der Waals surface area (Å²) in [4.78, 5) is 22.9. The van der Waals surface area contributed by atoms with Crippen molar-refractivity contribution in [2.45, 2.75) is 19.4 Å². The van der Waals surface area contributed by atoms with E-state index < -0.39 is 23.2 Å². The van der Waals surface area contributed by atoms with Crippen LogP contribution < -0.4 is 5.32 Å². The van der Waals surface area contributed by atoms with E-state index in [1.807, 2.05) is 0 Å². The quantitative estimate of drug-likeness (QED) is 0.811. The van der Waals surface area contributed by atoms with Crippen LogP contribution >= 0.6 is 11.3 Å². The molecule has 0 aliphatic rings. The van der Waals surface area contributed by atoms with Crippen molar-refractivity contribution in [1.29, 1.82) is 0 Å². The second-order valence-corrected chi connectivity index (χ2v) is 5.86. The van der Waals surface area contributed by atoms with Gasteiger partial charge in [0, 0.05) is 10.1 Å². The van der Waals surface area contributed by atoms with Crippen LogP contribution in [0.2, 0.25) is 0 Å². The van der Waals surface area contributed by atoms with E-state index in [1.165, 1.54) is 26.0 Å². The fraction of sp³-hybridized carbons (Fsp3) is 0.231. The molecule has 0 aliphatic carbocycles. The third-order valence-corrected chi connectivity index (χ3v) is 3.95. The first-order chi connectivity index (χ1) is 9.22. The van der Waals surface area contributed by atoms with E-state index in [1.54, 1.807) is 0 Å². The molecule has 0 saturated carbocycles. The molecule has 20 heavy (non-hydrogen) atoms.